The first kappa shape index (κ1) is 23.3. The van der Waals surface area contributed by atoms with Gasteiger partial charge in [-0.15, -0.1) is 0 Å². The Bertz CT molecular complexity index is 945. The van der Waals surface area contributed by atoms with Crippen LogP contribution >= 0.6 is 0 Å². The molecule has 0 unspecified atom stereocenters. The first-order valence-electron chi connectivity index (χ1n) is 7.72. The van der Waals surface area contributed by atoms with Gasteiger partial charge in [0.15, 0.2) is 13.2 Å². The number of nitrogens with zero attached hydrogens (tertiary/aromatic N) is 2. The van der Waals surface area contributed by atoms with Crippen molar-refractivity contribution in [2.24, 2.45) is 0 Å². The Balaban J connectivity index is 2.48. The lowest BCUT2D eigenvalue weighted by Crippen LogP contribution is -2.24. The lowest BCUT2D eigenvalue weighted by Gasteiger charge is -2.17. The first-order valence-corrected chi connectivity index (χ1v) is 9.20. The van der Waals surface area contributed by atoms with Gasteiger partial charge in [0.05, 0.1) is 12.8 Å². The van der Waals surface area contributed by atoms with Gasteiger partial charge in [-0.3, -0.25) is 4.72 Å². The van der Waals surface area contributed by atoms with E-state index in [2.05, 4.69) is 19.4 Å². The first-order chi connectivity index (χ1) is 13.8. The number of anilines is 1. The van der Waals surface area contributed by atoms with Crippen LogP contribution in [-0.4, -0.2) is 51.1 Å². The highest BCUT2D eigenvalue weighted by atomic mass is 32.2. The molecule has 166 valence electrons. The van der Waals surface area contributed by atoms with Gasteiger partial charge in [-0.2, -0.15) is 26.3 Å². The van der Waals surface area contributed by atoms with Gasteiger partial charge in [0.25, 0.3) is 10.0 Å². The zero-order chi connectivity index (χ0) is 22.6. The predicted molar refractivity (Wildman–Crippen MR) is 88.9 cm³/mol. The van der Waals surface area contributed by atoms with Crippen LogP contribution in [0.3, 0.4) is 0 Å². The van der Waals surface area contributed by atoms with Crippen molar-refractivity contribution >= 4 is 15.7 Å². The molecular weight excluding hydrogens is 448 g/mol. The highest BCUT2D eigenvalue weighted by Gasteiger charge is 2.35. The number of hydrogen-bond acceptors (Lipinski definition) is 7. The third-order valence-electron chi connectivity index (χ3n) is 3.07. The second-order valence-electron chi connectivity index (χ2n) is 5.46. The van der Waals surface area contributed by atoms with Crippen LogP contribution in [-0.2, 0) is 10.0 Å². The number of benzene rings is 1. The third kappa shape index (κ3) is 6.82. The molecule has 0 saturated heterocycles. The van der Waals surface area contributed by atoms with E-state index >= 15 is 0 Å². The van der Waals surface area contributed by atoms with Crippen molar-refractivity contribution in [3.05, 3.63) is 30.6 Å². The van der Waals surface area contributed by atoms with Crippen molar-refractivity contribution in [3.63, 3.8) is 0 Å². The maximum absolute atomic E-state index is 12.7. The number of rotatable bonds is 8. The summed E-state index contributed by atoms with van der Waals surface area (Å²) in [6.07, 6.45) is -9.25. The molecule has 0 atom stereocenters. The fourth-order valence-electron chi connectivity index (χ4n) is 1.97. The second kappa shape index (κ2) is 8.81. The van der Waals surface area contributed by atoms with E-state index < -0.39 is 52.2 Å². The lowest BCUT2D eigenvalue weighted by molar-refractivity contribution is -0.155. The smallest absolute Gasteiger partial charge is 0.422 e. The Morgan fingerprint density at radius 3 is 1.97 bits per heavy atom. The minimum absolute atomic E-state index is 0.109. The quantitative estimate of drug-likeness (QED) is 0.603. The van der Waals surface area contributed by atoms with Crippen LogP contribution < -0.4 is 18.9 Å². The maximum atomic E-state index is 12.7. The third-order valence-corrected chi connectivity index (χ3v) is 4.47. The number of sulfonamides is 1. The molecule has 0 radical (unpaired) electrons. The summed E-state index contributed by atoms with van der Waals surface area (Å²) in [6, 6.07) is 5.34. The van der Waals surface area contributed by atoms with E-state index in [0.29, 0.717) is 6.33 Å². The van der Waals surface area contributed by atoms with E-state index in [1.165, 1.54) is 31.4 Å². The van der Waals surface area contributed by atoms with Crippen LogP contribution in [0.15, 0.2) is 35.5 Å². The molecule has 1 aromatic carbocycles. The molecule has 0 spiro atoms. The summed E-state index contributed by atoms with van der Waals surface area (Å²) in [5.41, 5.74) is -0.109. The molecule has 0 aliphatic carbocycles. The largest absolute Gasteiger partial charge is 0.497 e. The highest BCUT2D eigenvalue weighted by molar-refractivity contribution is 7.93. The minimum atomic E-state index is -4.88. The van der Waals surface area contributed by atoms with Crippen molar-refractivity contribution in [2.75, 3.05) is 25.0 Å². The summed E-state index contributed by atoms with van der Waals surface area (Å²) in [7, 11) is -3.55. The molecule has 0 aliphatic rings. The highest BCUT2D eigenvalue weighted by Crippen LogP contribution is 2.33. The molecule has 1 aromatic heterocycles. The average Bonchev–Trinajstić information content (AvgIpc) is 2.63. The number of nitrogens with one attached hydrogen (secondary N) is 1. The van der Waals surface area contributed by atoms with Crippen LogP contribution in [0.2, 0.25) is 0 Å². The molecular formula is C15H13F6N3O5S. The summed E-state index contributed by atoms with van der Waals surface area (Å²) in [4.78, 5) is 5.35. The monoisotopic (exact) mass is 461 g/mol. The van der Waals surface area contributed by atoms with Crippen molar-refractivity contribution in [2.45, 2.75) is 17.2 Å². The zero-order valence-corrected chi connectivity index (χ0v) is 15.7. The Labute approximate surface area is 165 Å². The molecule has 0 fully saturated rings. The molecule has 30 heavy (non-hydrogen) atoms. The Hall–Kier alpha value is -2.97. The molecule has 2 aromatic rings. The molecule has 0 saturated carbocycles. The van der Waals surface area contributed by atoms with Crippen molar-refractivity contribution < 1.29 is 49.0 Å². The molecule has 1 N–H and O–H groups in total. The second-order valence-corrected chi connectivity index (χ2v) is 7.08. The van der Waals surface area contributed by atoms with Crippen molar-refractivity contribution in [1.29, 1.82) is 0 Å². The lowest BCUT2D eigenvalue weighted by atomic mass is 10.3. The van der Waals surface area contributed by atoms with Crippen LogP contribution in [0.25, 0.3) is 0 Å². The molecule has 2 rings (SSSR count). The van der Waals surface area contributed by atoms with Crippen LogP contribution in [0.5, 0.6) is 17.5 Å². The maximum Gasteiger partial charge on any atom is 0.422 e. The summed E-state index contributed by atoms with van der Waals surface area (Å²) in [5, 5.41) is 0. The van der Waals surface area contributed by atoms with E-state index in [9.17, 15) is 34.8 Å². The van der Waals surface area contributed by atoms with E-state index in [1.807, 2.05) is 4.72 Å². The minimum Gasteiger partial charge on any atom is -0.497 e. The number of halogens is 6. The number of aromatic nitrogens is 2. The van der Waals surface area contributed by atoms with Crippen LogP contribution in [0, 0.1) is 0 Å². The van der Waals surface area contributed by atoms with E-state index in [0.717, 1.165) is 0 Å². The molecule has 0 aliphatic heterocycles. The van der Waals surface area contributed by atoms with Gasteiger partial charge < -0.3 is 14.2 Å². The summed E-state index contributed by atoms with van der Waals surface area (Å²) in [6.45, 7) is -3.91. The summed E-state index contributed by atoms with van der Waals surface area (Å²) >= 11 is 0. The Morgan fingerprint density at radius 2 is 1.50 bits per heavy atom. The van der Waals surface area contributed by atoms with Gasteiger partial charge in [-0.25, -0.2) is 18.4 Å². The molecule has 8 nitrogen and oxygen atoms in total. The van der Waals surface area contributed by atoms with Crippen LogP contribution in [0.4, 0.5) is 32.0 Å². The number of methoxy groups -OCH3 is 1. The van der Waals surface area contributed by atoms with Gasteiger partial charge in [0.2, 0.25) is 16.7 Å². The summed E-state index contributed by atoms with van der Waals surface area (Å²) in [5.74, 6) is -2.06. The Kier molecular flexibility index (Phi) is 6.84. The van der Waals surface area contributed by atoms with Gasteiger partial charge >= 0.3 is 12.4 Å². The number of hydrogen-bond donors (Lipinski definition) is 1. The van der Waals surface area contributed by atoms with E-state index in [4.69, 9.17) is 4.74 Å². The van der Waals surface area contributed by atoms with Gasteiger partial charge in [-0.05, 0) is 12.1 Å². The molecule has 1 heterocycles. The molecule has 15 heteroatoms. The standard InChI is InChI=1S/C15H13F6N3O5S/c1-27-10-4-2-3-9(5-10)24-30(25,26)11-12(28-6-14(16,17)18)22-8-23-13(11)29-7-15(19,20)21/h2-5,8,24H,6-7H2,1H3. The van der Waals surface area contributed by atoms with E-state index in [-0.39, 0.29) is 11.4 Å². The zero-order valence-electron chi connectivity index (χ0n) is 14.9. The van der Waals surface area contributed by atoms with Crippen LogP contribution in [0.1, 0.15) is 0 Å². The van der Waals surface area contributed by atoms with E-state index in [1.54, 1.807) is 0 Å². The summed E-state index contributed by atoms with van der Waals surface area (Å²) < 4.78 is 116. The van der Waals surface area contributed by atoms with Crippen molar-refractivity contribution in [1.82, 2.24) is 9.97 Å². The SMILES string of the molecule is COc1cccc(NS(=O)(=O)c2c(OCC(F)(F)F)ncnc2OCC(F)(F)F)c1. The molecule has 0 bridgehead atoms. The van der Waals surface area contributed by atoms with Gasteiger partial charge in [0.1, 0.15) is 12.1 Å². The molecule has 0 amide bonds. The Morgan fingerprint density at radius 1 is 0.967 bits per heavy atom. The number of ether oxygens (including phenoxy) is 3. The topological polar surface area (TPSA) is 99.6 Å². The van der Waals surface area contributed by atoms with Crippen molar-refractivity contribution in [3.8, 4) is 17.5 Å². The fourth-order valence-corrected chi connectivity index (χ4v) is 3.19. The van der Waals surface area contributed by atoms with Gasteiger partial charge in [-0.1, -0.05) is 6.07 Å². The predicted octanol–water partition coefficient (Wildman–Crippen LogP) is 3.17. The average molecular weight is 461 g/mol. The fraction of sp³-hybridized carbons (Fsp3) is 0.333. The van der Waals surface area contributed by atoms with Gasteiger partial charge in [0, 0.05) is 6.07 Å². The normalized spacial score (nSPS) is 12.4. The number of alkyl halides is 6.